The molecule has 1 N–H and O–H groups in total. The van der Waals surface area contributed by atoms with Crippen LogP contribution in [-0.2, 0) is 34.1 Å². The molecule has 0 atom stereocenters. The highest BCUT2D eigenvalue weighted by Crippen LogP contribution is 2.28. The number of rotatable bonds is 5. The summed E-state index contributed by atoms with van der Waals surface area (Å²) in [6.45, 7) is 1.61. The highest BCUT2D eigenvalue weighted by molar-refractivity contribution is 7.89. The largest absolute Gasteiger partial charge is 0.379 e. The molecule has 1 saturated heterocycles. The summed E-state index contributed by atoms with van der Waals surface area (Å²) in [4.78, 5) is 32.1. The van der Waals surface area contributed by atoms with Gasteiger partial charge in [-0.05, 0) is 43.4 Å². The van der Waals surface area contributed by atoms with Crippen molar-refractivity contribution in [2.75, 3.05) is 26.3 Å². The minimum Gasteiger partial charge on any atom is -0.379 e. The maximum Gasteiger partial charge on any atom is 0.271 e. The van der Waals surface area contributed by atoms with E-state index in [1.54, 1.807) is 16.5 Å². The van der Waals surface area contributed by atoms with E-state index in [0.29, 0.717) is 31.3 Å². The van der Waals surface area contributed by atoms with Crippen LogP contribution < -0.4 is 10.9 Å². The highest BCUT2D eigenvalue weighted by Gasteiger charge is 2.26. The number of amides is 1. The fourth-order valence-corrected chi connectivity index (χ4v) is 6.79. The van der Waals surface area contributed by atoms with E-state index in [-0.39, 0.29) is 22.6 Å². The van der Waals surface area contributed by atoms with Gasteiger partial charge in [0.25, 0.3) is 11.5 Å². The van der Waals surface area contributed by atoms with Crippen molar-refractivity contribution in [1.82, 2.24) is 19.0 Å². The topological polar surface area (TPSA) is 110 Å². The van der Waals surface area contributed by atoms with Crippen LogP contribution in [0, 0.1) is 0 Å². The van der Waals surface area contributed by atoms with Gasteiger partial charge in [-0.3, -0.25) is 14.0 Å². The fraction of sp³-hybridized carbons (Fsp3) is 0.409. The molecule has 2 aliphatic rings. The molecule has 0 saturated carbocycles. The van der Waals surface area contributed by atoms with Gasteiger partial charge >= 0.3 is 0 Å². The van der Waals surface area contributed by atoms with Crippen LogP contribution in [0.15, 0.2) is 40.2 Å². The lowest BCUT2D eigenvalue weighted by molar-refractivity contribution is 0.0730. The summed E-state index contributed by atoms with van der Waals surface area (Å²) in [5.74, 6) is -0.498. The van der Waals surface area contributed by atoms with Crippen LogP contribution in [-0.4, -0.2) is 54.3 Å². The van der Waals surface area contributed by atoms with Crippen molar-refractivity contribution in [3.8, 4) is 0 Å². The predicted octanol–water partition coefficient (Wildman–Crippen LogP) is 1.59. The van der Waals surface area contributed by atoms with Crippen LogP contribution in [0.1, 0.15) is 39.3 Å². The quantitative estimate of drug-likeness (QED) is 0.584. The van der Waals surface area contributed by atoms with Gasteiger partial charge in [0.05, 0.1) is 18.1 Å². The van der Waals surface area contributed by atoms with E-state index in [1.807, 2.05) is 0 Å². The summed E-state index contributed by atoms with van der Waals surface area (Å²) in [6.07, 6.45) is 5.24. The first kappa shape index (κ1) is 22.2. The first-order chi connectivity index (χ1) is 15.9. The number of thiazole rings is 1. The Labute approximate surface area is 195 Å². The number of hydrogen-bond acceptors (Lipinski definition) is 7. The first-order valence-corrected chi connectivity index (χ1v) is 13.2. The molecule has 9 nitrogen and oxygen atoms in total. The molecule has 1 aromatic carbocycles. The molecule has 0 spiro atoms. The minimum atomic E-state index is -3.57. The molecular weight excluding hydrogens is 464 g/mol. The molecule has 1 amide bonds. The van der Waals surface area contributed by atoms with Gasteiger partial charge in [0.15, 0.2) is 4.96 Å². The highest BCUT2D eigenvalue weighted by atomic mass is 32.2. The van der Waals surface area contributed by atoms with Crippen LogP contribution in [0.4, 0.5) is 0 Å². The normalized spacial score (nSPS) is 17.1. The zero-order valence-corrected chi connectivity index (χ0v) is 19.6. The van der Waals surface area contributed by atoms with E-state index < -0.39 is 15.9 Å². The lowest BCUT2D eigenvalue weighted by Crippen LogP contribution is -2.40. The van der Waals surface area contributed by atoms with Gasteiger partial charge in [0.1, 0.15) is 5.56 Å². The monoisotopic (exact) mass is 488 g/mol. The fourth-order valence-electron chi connectivity index (χ4n) is 4.22. The number of fused-ring (bicyclic) bond motifs is 3. The lowest BCUT2D eigenvalue weighted by atomic mass is 10.0. The Morgan fingerprint density at radius 1 is 1.12 bits per heavy atom. The van der Waals surface area contributed by atoms with E-state index in [2.05, 4.69) is 10.3 Å². The van der Waals surface area contributed by atoms with Gasteiger partial charge in [0.2, 0.25) is 10.0 Å². The second kappa shape index (κ2) is 8.98. The smallest absolute Gasteiger partial charge is 0.271 e. The molecule has 33 heavy (non-hydrogen) atoms. The zero-order valence-electron chi connectivity index (χ0n) is 18.0. The number of carbonyl (C=O) groups excluding carboxylic acids is 1. The summed E-state index contributed by atoms with van der Waals surface area (Å²) >= 11 is 1.52. The van der Waals surface area contributed by atoms with Crippen molar-refractivity contribution in [3.63, 3.8) is 0 Å². The van der Waals surface area contributed by atoms with Crippen LogP contribution in [0.2, 0.25) is 0 Å². The molecule has 2 aromatic heterocycles. The summed E-state index contributed by atoms with van der Waals surface area (Å²) in [5.41, 5.74) is 1.37. The molecule has 0 unspecified atom stereocenters. The van der Waals surface area contributed by atoms with E-state index in [9.17, 15) is 18.0 Å². The van der Waals surface area contributed by atoms with Crippen molar-refractivity contribution in [2.24, 2.45) is 0 Å². The minimum absolute atomic E-state index is 0.00480. The number of benzene rings is 1. The number of aromatic nitrogens is 2. The molecule has 0 radical (unpaired) electrons. The van der Waals surface area contributed by atoms with E-state index >= 15 is 0 Å². The third-order valence-electron chi connectivity index (χ3n) is 6.03. The van der Waals surface area contributed by atoms with Crippen molar-refractivity contribution in [3.05, 3.63) is 62.5 Å². The second-order valence-electron chi connectivity index (χ2n) is 8.12. The number of sulfonamides is 1. The summed E-state index contributed by atoms with van der Waals surface area (Å²) in [6, 6.07) is 6.40. The standard InChI is InChI=1S/C22H24N4O5S2/c27-20(17-14-24-22-26(21(17)28)18-3-1-2-4-19(18)32-22)23-13-15-5-7-16(8-6-15)33(29,30)25-9-11-31-12-10-25/h5-8,14H,1-4,9-13H2,(H,23,27). The van der Waals surface area contributed by atoms with Crippen LogP contribution in [0.5, 0.6) is 0 Å². The van der Waals surface area contributed by atoms with Gasteiger partial charge in [-0.25, -0.2) is 13.4 Å². The molecular formula is C22H24N4O5S2. The number of aryl methyl sites for hydroxylation is 2. The Kier molecular flexibility index (Phi) is 6.04. The molecule has 174 valence electrons. The molecule has 0 bridgehead atoms. The van der Waals surface area contributed by atoms with Gasteiger partial charge < -0.3 is 10.1 Å². The summed E-state index contributed by atoms with van der Waals surface area (Å²) in [7, 11) is -3.57. The maximum atomic E-state index is 13.0. The summed E-state index contributed by atoms with van der Waals surface area (Å²) in [5, 5.41) is 2.75. The van der Waals surface area contributed by atoms with E-state index in [1.165, 1.54) is 38.8 Å². The Balaban J connectivity index is 1.30. The molecule has 11 heteroatoms. The van der Waals surface area contributed by atoms with Crippen molar-refractivity contribution in [1.29, 1.82) is 0 Å². The number of nitrogens with zero attached hydrogens (tertiary/aromatic N) is 3. The number of carbonyl (C=O) groups is 1. The molecule has 1 aliphatic carbocycles. The second-order valence-corrected chi connectivity index (χ2v) is 11.1. The van der Waals surface area contributed by atoms with E-state index in [4.69, 9.17) is 4.74 Å². The Hall–Kier alpha value is -2.60. The maximum absolute atomic E-state index is 13.0. The van der Waals surface area contributed by atoms with E-state index in [0.717, 1.165) is 36.9 Å². The summed E-state index contributed by atoms with van der Waals surface area (Å²) < 4.78 is 33.7. The van der Waals surface area contributed by atoms with Gasteiger partial charge in [-0.2, -0.15) is 4.31 Å². The van der Waals surface area contributed by atoms with Crippen molar-refractivity contribution < 1.29 is 17.9 Å². The third-order valence-corrected chi connectivity index (χ3v) is 9.10. The van der Waals surface area contributed by atoms with Crippen LogP contribution in [0.25, 0.3) is 4.96 Å². The molecule has 3 aromatic rings. The van der Waals surface area contributed by atoms with Gasteiger partial charge in [-0.15, -0.1) is 11.3 Å². The van der Waals surface area contributed by atoms with Crippen molar-refractivity contribution in [2.45, 2.75) is 37.1 Å². The number of morpholine rings is 1. The number of hydrogen-bond donors (Lipinski definition) is 1. The molecule has 1 fully saturated rings. The molecule has 1 aliphatic heterocycles. The predicted molar refractivity (Wildman–Crippen MR) is 123 cm³/mol. The number of nitrogens with one attached hydrogen (secondary N) is 1. The Bertz CT molecular complexity index is 1360. The Morgan fingerprint density at radius 2 is 1.85 bits per heavy atom. The average Bonchev–Trinajstić information content (AvgIpc) is 3.23. The molecule has 3 heterocycles. The van der Waals surface area contributed by atoms with Crippen LogP contribution >= 0.6 is 11.3 Å². The Morgan fingerprint density at radius 3 is 2.61 bits per heavy atom. The van der Waals surface area contributed by atoms with Crippen LogP contribution in [0.3, 0.4) is 0 Å². The van der Waals surface area contributed by atoms with Gasteiger partial charge in [-0.1, -0.05) is 12.1 Å². The third kappa shape index (κ3) is 4.21. The van der Waals surface area contributed by atoms with Gasteiger partial charge in [0, 0.05) is 36.4 Å². The average molecular weight is 489 g/mol. The van der Waals surface area contributed by atoms with Crippen molar-refractivity contribution >= 4 is 32.2 Å². The lowest BCUT2D eigenvalue weighted by Gasteiger charge is -2.26. The number of ether oxygens (including phenoxy) is 1. The zero-order chi connectivity index (χ0) is 23.0. The molecule has 5 rings (SSSR count). The first-order valence-electron chi connectivity index (χ1n) is 10.9. The SMILES string of the molecule is O=C(NCc1ccc(S(=O)(=O)N2CCOCC2)cc1)c1cnc2sc3c(n2c1=O)CCCC3.